The Bertz CT molecular complexity index is 762. The molecule has 0 unspecified atom stereocenters. The van der Waals surface area contributed by atoms with Crippen LogP contribution in [0.15, 0.2) is 34.5 Å². The number of benzene rings is 1. The van der Waals surface area contributed by atoms with Gasteiger partial charge in [-0.1, -0.05) is 12.1 Å². The lowest BCUT2D eigenvalue weighted by molar-refractivity contribution is 0.581. The van der Waals surface area contributed by atoms with Gasteiger partial charge in [-0.15, -0.1) is 11.3 Å². The van der Waals surface area contributed by atoms with Crippen LogP contribution in [0.4, 0.5) is 5.13 Å². The van der Waals surface area contributed by atoms with Gasteiger partial charge < -0.3 is 5.32 Å². The highest BCUT2D eigenvalue weighted by atomic mass is 32.2. The molecule has 0 atom stereocenters. The van der Waals surface area contributed by atoms with Crippen molar-refractivity contribution >= 4 is 26.5 Å². The highest BCUT2D eigenvalue weighted by Crippen LogP contribution is 2.16. The molecule has 0 amide bonds. The van der Waals surface area contributed by atoms with E-state index in [4.69, 9.17) is 5.26 Å². The Hall–Kier alpha value is -1.95. The van der Waals surface area contributed by atoms with Gasteiger partial charge >= 0.3 is 0 Å². The molecule has 1 aromatic carbocycles. The number of sulfonamides is 1. The van der Waals surface area contributed by atoms with E-state index < -0.39 is 10.0 Å². The van der Waals surface area contributed by atoms with Gasteiger partial charge in [-0.25, -0.2) is 18.1 Å². The second kappa shape index (κ2) is 6.67. The maximum Gasteiger partial charge on any atom is 0.241 e. The highest BCUT2D eigenvalue weighted by molar-refractivity contribution is 7.89. The molecule has 2 rings (SSSR count). The molecule has 0 aliphatic rings. The van der Waals surface area contributed by atoms with Crippen molar-refractivity contribution in [3.63, 3.8) is 0 Å². The van der Waals surface area contributed by atoms with Gasteiger partial charge in [-0.3, -0.25) is 0 Å². The SMILES string of the molecule is CNc1nc(CCNS(=O)(=O)c2ccccc2C#N)cs1. The van der Waals surface area contributed by atoms with Crippen molar-refractivity contribution in [2.75, 3.05) is 18.9 Å². The van der Waals surface area contributed by atoms with Crippen LogP contribution in [0.2, 0.25) is 0 Å². The monoisotopic (exact) mass is 322 g/mol. The topological polar surface area (TPSA) is 94.9 Å². The Balaban J connectivity index is 2.03. The third kappa shape index (κ3) is 3.78. The summed E-state index contributed by atoms with van der Waals surface area (Å²) in [6.07, 6.45) is 0.492. The average molecular weight is 322 g/mol. The van der Waals surface area contributed by atoms with E-state index in [2.05, 4.69) is 15.0 Å². The first-order valence-electron chi connectivity index (χ1n) is 6.18. The average Bonchev–Trinajstić information content (AvgIpc) is 2.95. The summed E-state index contributed by atoms with van der Waals surface area (Å²) in [6, 6.07) is 8.01. The molecule has 2 aromatic rings. The molecule has 110 valence electrons. The Morgan fingerprint density at radius 2 is 2.14 bits per heavy atom. The molecule has 1 heterocycles. The number of aromatic nitrogens is 1. The number of rotatable bonds is 6. The van der Waals surface area contributed by atoms with Crippen molar-refractivity contribution in [1.29, 1.82) is 5.26 Å². The van der Waals surface area contributed by atoms with Crippen LogP contribution in [0.1, 0.15) is 11.3 Å². The smallest absolute Gasteiger partial charge is 0.241 e. The van der Waals surface area contributed by atoms with E-state index in [1.807, 2.05) is 11.4 Å². The van der Waals surface area contributed by atoms with Crippen molar-refractivity contribution in [3.8, 4) is 6.07 Å². The number of anilines is 1. The van der Waals surface area contributed by atoms with Crippen molar-refractivity contribution in [2.45, 2.75) is 11.3 Å². The zero-order valence-electron chi connectivity index (χ0n) is 11.3. The summed E-state index contributed by atoms with van der Waals surface area (Å²) in [4.78, 5) is 4.28. The molecule has 0 aliphatic carbocycles. The van der Waals surface area contributed by atoms with Gasteiger partial charge in [0, 0.05) is 25.4 Å². The Morgan fingerprint density at radius 3 is 2.81 bits per heavy atom. The molecule has 21 heavy (non-hydrogen) atoms. The zero-order valence-corrected chi connectivity index (χ0v) is 13.0. The lowest BCUT2D eigenvalue weighted by Gasteiger charge is -2.07. The molecule has 0 spiro atoms. The predicted octanol–water partition coefficient (Wildman–Crippen LogP) is 1.58. The van der Waals surface area contributed by atoms with E-state index in [0.29, 0.717) is 6.42 Å². The van der Waals surface area contributed by atoms with E-state index in [9.17, 15) is 8.42 Å². The van der Waals surface area contributed by atoms with Gasteiger partial charge in [0.1, 0.15) is 6.07 Å². The molecule has 6 nitrogen and oxygen atoms in total. The van der Waals surface area contributed by atoms with Crippen molar-refractivity contribution in [3.05, 3.63) is 40.9 Å². The van der Waals surface area contributed by atoms with Gasteiger partial charge in [0.05, 0.1) is 16.2 Å². The summed E-state index contributed by atoms with van der Waals surface area (Å²) in [5, 5.41) is 14.6. The normalized spacial score (nSPS) is 11.0. The molecular formula is C13H14N4O2S2. The van der Waals surface area contributed by atoms with E-state index >= 15 is 0 Å². The number of hydrogen-bond donors (Lipinski definition) is 2. The van der Waals surface area contributed by atoms with Crippen LogP contribution in [-0.4, -0.2) is 27.0 Å². The predicted molar refractivity (Wildman–Crippen MR) is 81.7 cm³/mol. The number of nitriles is 1. The number of nitrogens with zero attached hydrogens (tertiary/aromatic N) is 2. The van der Waals surface area contributed by atoms with E-state index in [-0.39, 0.29) is 17.0 Å². The molecule has 2 N–H and O–H groups in total. The van der Waals surface area contributed by atoms with Gasteiger partial charge in [0.2, 0.25) is 10.0 Å². The fraction of sp³-hybridized carbons (Fsp3) is 0.231. The summed E-state index contributed by atoms with van der Waals surface area (Å²) in [6.45, 7) is 0.231. The molecule has 0 bridgehead atoms. The first kappa shape index (κ1) is 15.4. The zero-order chi connectivity index (χ0) is 15.3. The van der Waals surface area contributed by atoms with Crippen molar-refractivity contribution < 1.29 is 8.42 Å². The van der Waals surface area contributed by atoms with Crippen LogP contribution >= 0.6 is 11.3 Å². The van der Waals surface area contributed by atoms with Crippen LogP contribution in [0.3, 0.4) is 0 Å². The van der Waals surface area contributed by atoms with Gasteiger partial charge in [0.15, 0.2) is 5.13 Å². The lowest BCUT2D eigenvalue weighted by atomic mass is 10.2. The van der Waals surface area contributed by atoms with Crippen molar-refractivity contribution in [1.82, 2.24) is 9.71 Å². The number of nitrogens with one attached hydrogen (secondary N) is 2. The molecule has 1 aromatic heterocycles. The minimum Gasteiger partial charge on any atom is -0.365 e. The Morgan fingerprint density at radius 1 is 1.38 bits per heavy atom. The minimum atomic E-state index is -3.68. The van der Waals surface area contributed by atoms with Crippen LogP contribution in [-0.2, 0) is 16.4 Å². The maximum absolute atomic E-state index is 12.2. The Kier molecular flexibility index (Phi) is 4.90. The highest BCUT2D eigenvalue weighted by Gasteiger charge is 2.17. The summed E-state index contributed by atoms with van der Waals surface area (Å²) in [5.41, 5.74) is 0.955. The fourth-order valence-corrected chi connectivity index (χ4v) is 3.61. The van der Waals surface area contributed by atoms with Gasteiger partial charge in [-0.2, -0.15) is 5.26 Å². The molecule has 0 radical (unpaired) electrons. The fourth-order valence-electron chi connectivity index (χ4n) is 1.72. The van der Waals surface area contributed by atoms with Crippen LogP contribution in [0, 0.1) is 11.3 Å². The molecule has 8 heteroatoms. The van der Waals surface area contributed by atoms with E-state index in [1.54, 1.807) is 19.2 Å². The van der Waals surface area contributed by atoms with Crippen molar-refractivity contribution in [2.24, 2.45) is 0 Å². The first-order valence-corrected chi connectivity index (χ1v) is 8.54. The van der Waals surface area contributed by atoms with Gasteiger partial charge in [-0.05, 0) is 12.1 Å². The van der Waals surface area contributed by atoms with Crippen LogP contribution in [0.5, 0.6) is 0 Å². The van der Waals surface area contributed by atoms with Gasteiger partial charge in [0.25, 0.3) is 0 Å². The Labute approximate surface area is 127 Å². The van der Waals surface area contributed by atoms with E-state index in [1.165, 1.54) is 23.5 Å². The lowest BCUT2D eigenvalue weighted by Crippen LogP contribution is -2.26. The largest absolute Gasteiger partial charge is 0.365 e. The molecule has 0 aliphatic heterocycles. The summed E-state index contributed by atoms with van der Waals surface area (Å²) in [7, 11) is -1.90. The van der Waals surface area contributed by atoms with E-state index in [0.717, 1.165) is 10.8 Å². The molecule has 0 saturated carbocycles. The standard InChI is InChI=1S/C13H14N4O2S2/c1-15-13-17-11(9-20-13)6-7-16-21(18,19)12-5-3-2-4-10(12)8-14/h2-5,9,16H,6-7H2,1H3,(H,15,17). The van der Waals surface area contributed by atoms with Crippen LogP contribution < -0.4 is 10.0 Å². The second-order valence-corrected chi connectivity index (χ2v) is 6.74. The first-order chi connectivity index (χ1) is 10.1. The number of thiazole rings is 1. The minimum absolute atomic E-state index is 0.00157. The summed E-state index contributed by atoms with van der Waals surface area (Å²) in [5.74, 6) is 0. The second-order valence-electron chi connectivity index (χ2n) is 4.15. The quantitative estimate of drug-likeness (QED) is 0.842. The maximum atomic E-state index is 12.2. The van der Waals surface area contributed by atoms with Crippen LogP contribution in [0.25, 0.3) is 0 Å². The third-order valence-electron chi connectivity index (χ3n) is 2.74. The third-order valence-corrected chi connectivity index (χ3v) is 5.16. The summed E-state index contributed by atoms with van der Waals surface area (Å²) >= 11 is 1.47. The molecule has 0 fully saturated rings. The molecule has 0 saturated heterocycles. The number of hydrogen-bond acceptors (Lipinski definition) is 6. The summed E-state index contributed by atoms with van der Waals surface area (Å²) < 4.78 is 26.8. The molecular weight excluding hydrogens is 308 g/mol.